The first kappa shape index (κ1) is 11.1. The molecule has 1 amide bonds. The maximum atomic E-state index is 11.7. The smallest absolute Gasteiger partial charge is 0.229 e. The van der Waals surface area contributed by atoms with Crippen molar-refractivity contribution in [1.29, 1.82) is 0 Å². The number of carbonyl (C=O) groups is 1. The van der Waals surface area contributed by atoms with Gasteiger partial charge in [0.2, 0.25) is 5.91 Å². The van der Waals surface area contributed by atoms with Crippen molar-refractivity contribution in [2.24, 2.45) is 5.73 Å². The molecule has 1 unspecified atom stereocenters. The van der Waals surface area contributed by atoms with E-state index in [0.717, 1.165) is 11.5 Å². The highest BCUT2D eigenvalue weighted by atomic mass is 16.2. The molecule has 1 atom stereocenters. The van der Waals surface area contributed by atoms with Crippen LogP contribution in [-0.4, -0.2) is 23.5 Å². The minimum absolute atomic E-state index is 0.0583. The molecule has 1 fully saturated rings. The number of hydrogen-bond donors (Lipinski definition) is 1. The number of nitrogens with zero attached hydrogens (tertiary/aromatic N) is 2. The Morgan fingerprint density at radius 2 is 2.25 bits per heavy atom. The van der Waals surface area contributed by atoms with Crippen molar-refractivity contribution in [3.8, 4) is 0 Å². The van der Waals surface area contributed by atoms with Gasteiger partial charge < -0.3 is 5.73 Å². The summed E-state index contributed by atoms with van der Waals surface area (Å²) in [5.74, 6) is 1.16. The minimum atomic E-state index is -0.0583. The van der Waals surface area contributed by atoms with E-state index in [2.05, 4.69) is 18.8 Å². The number of nitrogens with two attached hydrogens (primary N) is 1. The molecule has 0 aliphatic carbocycles. The molecule has 2 rings (SSSR count). The maximum absolute atomic E-state index is 11.7. The molecule has 0 aromatic carbocycles. The summed E-state index contributed by atoms with van der Waals surface area (Å²) in [7, 11) is 0. The van der Waals surface area contributed by atoms with E-state index in [0.29, 0.717) is 18.9 Å². The molecule has 16 heavy (non-hydrogen) atoms. The van der Waals surface area contributed by atoms with Gasteiger partial charge in [-0.25, -0.2) is 4.98 Å². The molecule has 86 valence electrons. The van der Waals surface area contributed by atoms with Crippen LogP contribution >= 0.6 is 0 Å². The van der Waals surface area contributed by atoms with E-state index in [1.54, 1.807) is 4.90 Å². The first-order valence-electron chi connectivity index (χ1n) is 5.61. The summed E-state index contributed by atoms with van der Waals surface area (Å²) in [5, 5.41) is 0. The van der Waals surface area contributed by atoms with Crippen LogP contribution in [0.25, 0.3) is 0 Å². The summed E-state index contributed by atoms with van der Waals surface area (Å²) in [6.45, 7) is 4.75. The first-order valence-corrected chi connectivity index (χ1v) is 5.61. The Labute approximate surface area is 95.5 Å². The van der Waals surface area contributed by atoms with Crippen LogP contribution in [0, 0.1) is 0 Å². The highest BCUT2D eigenvalue weighted by Crippen LogP contribution is 2.21. The summed E-state index contributed by atoms with van der Waals surface area (Å²) in [6.07, 6.45) is 0.424. The van der Waals surface area contributed by atoms with Crippen molar-refractivity contribution in [3.63, 3.8) is 0 Å². The Balaban J connectivity index is 2.27. The van der Waals surface area contributed by atoms with Crippen molar-refractivity contribution in [1.82, 2.24) is 4.98 Å². The summed E-state index contributed by atoms with van der Waals surface area (Å²) in [4.78, 5) is 17.8. The number of rotatable bonds is 2. The number of amides is 1. The highest BCUT2D eigenvalue weighted by Gasteiger charge is 2.28. The van der Waals surface area contributed by atoms with Crippen LogP contribution in [-0.2, 0) is 4.79 Å². The van der Waals surface area contributed by atoms with E-state index in [1.165, 1.54) is 0 Å². The fourth-order valence-corrected chi connectivity index (χ4v) is 1.87. The summed E-state index contributed by atoms with van der Waals surface area (Å²) in [6, 6.07) is 5.72. The first-order chi connectivity index (χ1) is 7.58. The van der Waals surface area contributed by atoms with Gasteiger partial charge in [0, 0.05) is 24.7 Å². The molecule has 4 nitrogen and oxygen atoms in total. The van der Waals surface area contributed by atoms with E-state index in [1.807, 2.05) is 18.2 Å². The van der Waals surface area contributed by atoms with Crippen LogP contribution in [0.15, 0.2) is 18.2 Å². The Hall–Kier alpha value is -1.42. The van der Waals surface area contributed by atoms with Crippen LogP contribution in [0.1, 0.15) is 31.9 Å². The average molecular weight is 219 g/mol. The van der Waals surface area contributed by atoms with Crippen LogP contribution in [0.4, 0.5) is 5.82 Å². The fraction of sp³-hybridized carbons (Fsp3) is 0.500. The van der Waals surface area contributed by atoms with Gasteiger partial charge in [0.25, 0.3) is 0 Å². The molecule has 2 N–H and O–H groups in total. The number of aromatic nitrogens is 1. The molecule has 0 saturated carbocycles. The number of hydrogen-bond acceptors (Lipinski definition) is 3. The molecule has 0 bridgehead atoms. The molecule has 0 spiro atoms. The molecular formula is C12H17N3O. The third kappa shape index (κ3) is 2.07. The van der Waals surface area contributed by atoms with Gasteiger partial charge in [-0.2, -0.15) is 0 Å². The summed E-state index contributed by atoms with van der Waals surface area (Å²) in [5.41, 5.74) is 6.77. The van der Waals surface area contributed by atoms with Gasteiger partial charge in [-0.15, -0.1) is 0 Å². The molecule has 1 aromatic rings. The van der Waals surface area contributed by atoms with Crippen molar-refractivity contribution in [3.05, 3.63) is 23.9 Å². The average Bonchev–Trinajstić information content (AvgIpc) is 2.58. The van der Waals surface area contributed by atoms with Gasteiger partial charge in [0.15, 0.2) is 0 Å². The van der Waals surface area contributed by atoms with Gasteiger partial charge >= 0.3 is 0 Å². The second kappa shape index (κ2) is 4.22. The van der Waals surface area contributed by atoms with E-state index in [4.69, 9.17) is 5.73 Å². The molecule has 4 heteroatoms. The van der Waals surface area contributed by atoms with Crippen molar-refractivity contribution in [2.75, 3.05) is 11.4 Å². The zero-order chi connectivity index (χ0) is 11.7. The number of pyridine rings is 1. The Kier molecular flexibility index (Phi) is 2.92. The highest BCUT2D eigenvalue weighted by molar-refractivity contribution is 5.95. The summed E-state index contributed by atoms with van der Waals surface area (Å²) < 4.78 is 0. The quantitative estimate of drug-likeness (QED) is 0.814. The monoisotopic (exact) mass is 219 g/mol. The molecule has 1 aromatic heterocycles. The number of carbonyl (C=O) groups excluding carboxylic acids is 1. The molecule has 1 saturated heterocycles. The second-order valence-corrected chi connectivity index (χ2v) is 4.54. The van der Waals surface area contributed by atoms with Gasteiger partial charge in [0.1, 0.15) is 5.82 Å². The SMILES string of the molecule is CC(C)c1cccc(N2CC(N)CC2=O)n1. The molecular weight excluding hydrogens is 202 g/mol. The lowest BCUT2D eigenvalue weighted by Crippen LogP contribution is -2.28. The van der Waals surface area contributed by atoms with Crippen LogP contribution < -0.4 is 10.6 Å². The third-order valence-electron chi connectivity index (χ3n) is 2.78. The molecule has 1 aliphatic heterocycles. The molecule has 0 radical (unpaired) electrons. The lowest BCUT2D eigenvalue weighted by molar-refractivity contribution is -0.117. The topological polar surface area (TPSA) is 59.2 Å². The van der Waals surface area contributed by atoms with Gasteiger partial charge in [0.05, 0.1) is 0 Å². The lowest BCUT2D eigenvalue weighted by Gasteiger charge is -2.16. The van der Waals surface area contributed by atoms with Crippen LogP contribution in [0.3, 0.4) is 0 Å². The van der Waals surface area contributed by atoms with Gasteiger partial charge in [-0.3, -0.25) is 9.69 Å². The van der Waals surface area contributed by atoms with Crippen molar-refractivity contribution < 1.29 is 4.79 Å². The summed E-state index contributed by atoms with van der Waals surface area (Å²) >= 11 is 0. The van der Waals surface area contributed by atoms with Gasteiger partial charge in [-0.05, 0) is 18.1 Å². The van der Waals surface area contributed by atoms with E-state index in [-0.39, 0.29) is 11.9 Å². The maximum Gasteiger partial charge on any atom is 0.229 e. The zero-order valence-corrected chi connectivity index (χ0v) is 9.68. The fourth-order valence-electron chi connectivity index (χ4n) is 1.87. The third-order valence-corrected chi connectivity index (χ3v) is 2.78. The normalized spacial score (nSPS) is 20.9. The standard InChI is InChI=1S/C12H17N3O/c1-8(2)10-4-3-5-11(14-10)15-7-9(13)6-12(15)16/h3-5,8-9H,6-7,13H2,1-2H3. The molecule has 2 heterocycles. The largest absolute Gasteiger partial charge is 0.326 e. The number of anilines is 1. The predicted molar refractivity (Wildman–Crippen MR) is 63.3 cm³/mol. The van der Waals surface area contributed by atoms with E-state index < -0.39 is 0 Å². The predicted octanol–water partition coefficient (Wildman–Crippen LogP) is 1.27. The minimum Gasteiger partial charge on any atom is -0.326 e. The van der Waals surface area contributed by atoms with E-state index >= 15 is 0 Å². The molecule has 1 aliphatic rings. The van der Waals surface area contributed by atoms with Crippen molar-refractivity contribution in [2.45, 2.75) is 32.2 Å². The van der Waals surface area contributed by atoms with Crippen LogP contribution in [0.2, 0.25) is 0 Å². The zero-order valence-electron chi connectivity index (χ0n) is 9.68. The van der Waals surface area contributed by atoms with Crippen LogP contribution in [0.5, 0.6) is 0 Å². The lowest BCUT2D eigenvalue weighted by atomic mass is 10.1. The Bertz CT molecular complexity index is 403. The Morgan fingerprint density at radius 1 is 1.50 bits per heavy atom. The van der Waals surface area contributed by atoms with Gasteiger partial charge in [-0.1, -0.05) is 19.9 Å². The Morgan fingerprint density at radius 3 is 2.81 bits per heavy atom. The van der Waals surface area contributed by atoms with Crippen molar-refractivity contribution >= 4 is 11.7 Å². The second-order valence-electron chi connectivity index (χ2n) is 4.54. The van der Waals surface area contributed by atoms with E-state index in [9.17, 15) is 4.79 Å².